The summed E-state index contributed by atoms with van der Waals surface area (Å²) < 4.78 is 3.62. The van der Waals surface area contributed by atoms with Gasteiger partial charge in [-0.15, -0.1) is 0 Å². The molecule has 2 rings (SSSR count). The maximum absolute atomic E-state index is 2.59. The van der Waals surface area contributed by atoms with Crippen LogP contribution in [0.15, 0.2) is 41.0 Å². The van der Waals surface area contributed by atoms with Gasteiger partial charge < -0.3 is 24.8 Å². The van der Waals surface area contributed by atoms with Gasteiger partial charge in [0.15, 0.2) is 0 Å². The Hall–Kier alpha value is 0.423. The molecule has 0 aromatic rings. The summed E-state index contributed by atoms with van der Waals surface area (Å²) >= 11 is -0.859. The second-order valence-corrected chi connectivity index (χ2v) is 15.0. The zero-order valence-corrected chi connectivity index (χ0v) is 26.2. The third-order valence-electron chi connectivity index (χ3n) is 8.78. The standard InChI is InChI=1S/2C14H23.2ClH.Zr/c2*1-7-14(6,13(3,4)5)12-9-8-11(2)10-12;;;/h2*9H,7-8H2,1-6H3;2*1H;/q;;;;+2/p-2. The van der Waals surface area contributed by atoms with Gasteiger partial charge in [0.05, 0.1) is 0 Å². The molecule has 31 heavy (non-hydrogen) atoms. The van der Waals surface area contributed by atoms with Crippen LogP contribution in [0.3, 0.4) is 0 Å². The predicted molar refractivity (Wildman–Crippen MR) is 127 cm³/mol. The summed E-state index contributed by atoms with van der Waals surface area (Å²) in [4.78, 5) is 0. The van der Waals surface area contributed by atoms with Gasteiger partial charge in [0.2, 0.25) is 0 Å². The minimum atomic E-state index is -0.859. The summed E-state index contributed by atoms with van der Waals surface area (Å²) in [5.74, 6) is 0. The van der Waals surface area contributed by atoms with Crippen LogP contribution >= 0.6 is 0 Å². The van der Waals surface area contributed by atoms with Gasteiger partial charge in [-0.1, -0.05) is 0 Å². The third kappa shape index (κ3) is 5.57. The van der Waals surface area contributed by atoms with E-state index in [2.05, 4.69) is 95.2 Å². The molecular weight excluding hydrogens is 498 g/mol. The molecule has 2 atom stereocenters. The van der Waals surface area contributed by atoms with Gasteiger partial charge in [-0.25, -0.2) is 0 Å². The van der Waals surface area contributed by atoms with Crippen LogP contribution in [-0.2, 0) is 23.2 Å². The van der Waals surface area contributed by atoms with Gasteiger partial charge >= 0.3 is 195 Å². The first-order valence-corrected chi connectivity index (χ1v) is 14.2. The van der Waals surface area contributed by atoms with Crippen molar-refractivity contribution in [1.29, 1.82) is 0 Å². The van der Waals surface area contributed by atoms with Crippen LogP contribution < -0.4 is 24.8 Å². The zero-order chi connectivity index (χ0) is 22.4. The van der Waals surface area contributed by atoms with Crippen molar-refractivity contribution in [2.45, 2.75) is 109 Å². The molecule has 0 heterocycles. The summed E-state index contributed by atoms with van der Waals surface area (Å²) in [6.45, 7) is 29.3. The normalized spacial score (nSPS) is 20.9. The molecule has 0 fully saturated rings. The molecular formula is C28H46Cl2Zr. The molecule has 0 saturated carbocycles. The number of hydrogen-bond donors (Lipinski definition) is 0. The van der Waals surface area contributed by atoms with Crippen LogP contribution in [0.5, 0.6) is 0 Å². The van der Waals surface area contributed by atoms with Gasteiger partial charge in [0, 0.05) is 0 Å². The van der Waals surface area contributed by atoms with E-state index in [9.17, 15) is 0 Å². The molecule has 0 aromatic heterocycles. The average molecular weight is 545 g/mol. The Morgan fingerprint density at radius 3 is 1.16 bits per heavy atom. The maximum atomic E-state index is 2.59. The van der Waals surface area contributed by atoms with Gasteiger partial charge in [-0.2, -0.15) is 0 Å². The molecule has 2 aliphatic rings. The Morgan fingerprint density at radius 2 is 0.935 bits per heavy atom. The molecule has 0 nitrogen and oxygen atoms in total. The van der Waals surface area contributed by atoms with E-state index in [-0.39, 0.29) is 46.5 Å². The third-order valence-corrected chi connectivity index (χ3v) is 13.4. The Morgan fingerprint density at radius 1 is 0.645 bits per heavy atom. The van der Waals surface area contributed by atoms with Crippen molar-refractivity contribution in [2.75, 3.05) is 0 Å². The second kappa shape index (κ2) is 10.8. The van der Waals surface area contributed by atoms with E-state index in [1.165, 1.54) is 25.7 Å². The van der Waals surface area contributed by atoms with Crippen molar-refractivity contribution in [1.82, 2.24) is 0 Å². The van der Waals surface area contributed by atoms with E-state index >= 15 is 0 Å². The van der Waals surface area contributed by atoms with E-state index in [0.717, 1.165) is 0 Å². The van der Waals surface area contributed by atoms with Crippen LogP contribution in [0.2, 0.25) is 0 Å². The van der Waals surface area contributed by atoms with Gasteiger partial charge in [0.1, 0.15) is 0 Å². The summed E-state index contributed by atoms with van der Waals surface area (Å²) in [7, 11) is 0. The average Bonchev–Trinajstić information content (AvgIpc) is 3.16. The number of hydrogen-bond acceptors (Lipinski definition) is 0. The number of halogens is 2. The van der Waals surface area contributed by atoms with Crippen molar-refractivity contribution in [3.05, 3.63) is 41.0 Å². The summed E-state index contributed by atoms with van der Waals surface area (Å²) in [5, 5.41) is 0. The van der Waals surface area contributed by atoms with Crippen molar-refractivity contribution < 1.29 is 48.0 Å². The van der Waals surface area contributed by atoms with Crippen LogP contribution in [0.1, 0.15) is 109 Å². The van der Waals surface area contributed by atoms with Gasteiger partial charge in [-0.05, 0) is 0 Å². The largest absolute Gasteiger partial charge is 1.00 e. The minimum absolute atomic E-state index is 0. The van der Waals surface area contributed by atoms with E-state index < -0.39 is 23.2 Å². The van der Waals surface area contributed by atoms with Crippen LogP contribution in [0.25, 0.3) is 0 Å². The molecule has 0 aliphatic heterocycles. The second-order valence-electron chi connectivity index (χ2n) is 12.0. The number of allylic oxidation sites excluding steroid dienone is 8. The summed E-state index contributed by atoms with van der Waals surface area (Å²) in [6.07, 6.45) is 9.97. The molecule has 0 radical (unpaired) electrons. The number of rotatable bonds is 6. The predicted octanol–water partition coefficient (Wildman–Crippen LogP) is 3.21. The Balaban J connectivity index is 0.00000450. The SMILES string of the molecule is CCC(C)(C1=CCC(C)=[C]1[Zr+2][C]1=C(C)CC=C1C(C)(CC)C(C)(C)C)C(C)(C)C.[Cl-].[Cl-]. The first-order chi connectivity index (χ1) is 13.1. The Bertz CT molecular complexity index is 717. The van der Waals surface area contributed by atoms with Crippen LogP contribution in [0.4, 0.5) is 0 Å². The first kappa shape index (κ1) is 31.4. The minimum Gasteiger partial charge on any atom is -1.00 e. The van der Waals surface area contributed by atoms with Crippen LogP contribution in [0, 0.1) is 21.7 Å². The molecule has 0 N–H and O–H groups in total. The molecule has 176 valence electrons. The Labute approximate surface area is 218 Å². The molecule has 0 aromatic carbocycles. The van der Waals surface area contributed by atoms with Gasteiger partial charge in [-0.3, -0.25) is 0 Å². The summed E-state index contributed by atoms with van der Waals surface area (Å²) in [6, 6.07) is 0. The zero-order valence-electron chi connectivity index (χ0n) is 22.2. The summed E-state index contributed by atoms with van der Waals surface area (Å²) in [5.41, 5.74) is 7.82. The molecule has 0 amide bonds. The monoisotopic (exact) mass is 542 g/mol. The molecule has 2 aliphatic carbocycles. The first-order valence-electron chi connectivity index (χ1n) is 11.7. The van der Waals surface area contributed by atoms with E-state index in [4.69, 9.17) is 0 Å². The fourth-order valence-electron chi connectivity index (χ4n) is 5.10. The van der Waals surface area contributed by atoms with Crippen molar-refractivity contribution in [3.8, 4) is 0 Å². The van der Waals surface area contributed by atoms with Crippen LogP contribution in [-0.4, -0.2) is 0 Å². The quantitative estimate of drug-likeness (QED) is 0.482. The maximum Gasteiger partial charge on any atom is -1.00 e. The Kier molecular flexibility index (Phi) is 10.9. The molecule has 2 unspecified atom stereocenters. The van der Waals surface area contributed by atoms with Crippen molar-refractivity contribution >= 4 is 0 Å². The van der Waals surface area contributed by atoms with E-state index in [1.54, 1.807) is 22.3 Å². The molecule has 0 spiro atoms. The molecule has 0 saturated heterocycles. The van der Waals surface area contributed by atoms with Gasteiger partial charge in [0.25, 0.3) is 0 Å². The van der Waals surface area contributed by atoms with Crippen molar-refractivity contribution in [2.24, 2.45) is 21.7 Å². The van der Waals surface area contributed by atoms with E-state index in [0.29, 0.717) is 0 Å². The molecule has 0 bridgehead atoms. The van der Waals surface area contributed by atoms with E-state index in [1.807, 2.05) is 6.56 Å². The molecule has 3 heteroatoms. The topological polar surface area (TPSA) is 0 Å². The van der Waals surface area contributed by atoms with Crippen molar-refractivity contribution in [3.63, 3.8) is 0 Å². The fraction of sp³-hybridized carbons (Fsp3) is 0.714. The fourth-order valence-corrected chi connectivity index (χ4v) is 9.79. The smallest absolute Gasteiger partial charge is 1.00 e.